The fourth-order valence-corrected chi connectivity index (χ4v) is 3.95. The van der Waals surface area contributed by atoms with E-state index in [9.17, 15) is 14.0 Å². The molecule has 33 heavy (non-hydrogen) atoms. The molecule has 0 aliphatic heterocycles. The summed E-state index contributed by atoms with van der Waals surface area (Å²) >= 11 is 0. The summed E-state index contributed by atoms with van der Waals surface area (Å²) in [7, 11) is 1.66. The minimum Gasteiger partial charge on any atom is -0.376 e. The molecule has 4 rings (SSSR count). The standard InChI is InChI=1S/C25H27FN4O3/c1-16(27-2)24(31)29-23-25(32)30(22(15-28-23)17-7-9-20(26)10-8-17)11-12-33-21-13-18-5-3-4-6-19(18)14-21/h3-10,15-16,21,27H,11-14H2,1-2H3,(H,28,29,31)/t16-/m0/s1. The van der Waals surface area contributed by atoms with Gasteiger partial charge >= 0.3 is 0 Å². The SMILES string of the molecule is CN[C@@H](C)C(=O)Nc1ncc(-c2ccc(F)cc2)n(CCOC2Cc3ccccc3C2)c1=O. The molecule has 172 valence electrons. The normalized spacial score (nSPS) is 14.2. The number of halogens is 1. The number of ether oxygens (including phenoxy) is 1. The number of anilines is 1. The average molecular weight is 451 g/mol. The van der Waals surface area contributed by atoms with E-state index in [2.05, 4.69) is 27.8 Å². The van der Waals surface area contributed by atoms with Gasteiger partial charge in [-0.15, -0.1) is 0 Å². The number of carbonyl (C=O) groups is 1. The number of hydrogen-bond acceptors (Lipinski definition) is 5. The minimum atomic E-state index is -0.483. The number of carbonyl (C=O) groups excluding carboxylic acids is 1. The Morgan fingerprint density at radius 2 is 1.85 bits per heavy atom. The van der Waals surface area contributed by atoms with E-state index in [1.54, 1.807) is 26.1 Å². The van der Waals surface area contributed by atoms with Gasteiger partial charge in [-0.05, 0) is 62.2 Å². The van der Waals surface area contributed by atoms with Crippen molar-refractivity contribution in [2.24, 2.45) is 0 Å². The van der Waals surface area contributed by atoms with Gasteiger partial charge in [0.1, 0.15) is 5.82 Å². The molecule has 0 unspecified atom stereocenters. The first-order chi connectivity index (χ1) is 16.0. The van der Waals surface area contributed by atoms with E-state index in [0.29, 0.717) is 17.9 Å². The van der Waals surface area contributed by atoms with Crippen molar-refractivity contribution in [3.05, 3.63) is 82.0 Å². The molecular weight excluding hydrogens is 423 g/mol. The predicted octanol–water partition coefficient (Wildman–Crippen LogP) is 2.78. The first-order valence-corrected chi connectivity index (χ1v) is 11.0. The Kier molecular flexibility index (Phi) is 6.96. The van der Waals surface area contributed by atoms with Crippen molar-refractivity contribution in [2.45, 2.75) is 38.5 Å². The molecule has 1 aliphatic rings. The molecular formula is C25H27FN4O3. The number of benzene rings is 2. The van der Waals surface area contributed by atoms with Crippen LogP contribution in [0.4, 0.5) is 10.2 Å². The molecule has 0 saturated heterocycles. The van der Waals surface area contributed by atoms with E-state index in [1.165, 1.54) is 34.0 Å². The van der Waals surface area contributed by atoms with Crippen LogP contribution in [0.25, 0.3) is 11.3 Å². The number of rotatable bonds is 8. The summed E-state index contributed by atoms with van der Waals surface area (Å²) in [6, 6.07) is 13.6. The second-order valence-electron chi connectivity index (χ2n) is 8.13. The smallest absolute Gasteiger partial charge is 0.294 e. The molecule has 1 aliphatic carbocycles. The van der Waals surface area contributed by atoms with E-state index >= 15 is 0 Å². The van der Waals surface area contributed by atoms with E-state index in [0.717, 1.165) is 12.8 Å². The summed E-state index contributed by atoms with van der Waals surface area (Å²) in [6.07, 6.45) is 3.26. The monoisotopic (exact) mass is 450 g/mol. The zero-order chi connectivity index (χ0) is 23.4. The predicted molar refractivity (Wildman–Crippen MR) is 125 cm³/mol. The van der Waals surface area contributed by atoms with Crippen molar-refractivity contribution in [3.8, 4) is 11.3 Å². The van der Waals surface area contributed by atoms with Gasteiger partial charge in [-0.1, -0.05) is 24.3 Å². The van der Waals surface area contributed by atoms with Gasteiger partial charge in [-0.2, -0.15) is 0 Å². The van der Waals surface area contributed by atoms with Crippen LogP contribution in [0.1, 0.15) is 18.1 Å². The summed E-state index contributed by atoms with van der Waals surface area (Å²) in [6.45, 7) is 2.27. The van der Waals surface area contributed by atoms with E-state index < -0.39 is 11.6 Å². The molecule has 2 aromatic carbocycles. The van der Waals surface area contributed by atoms with E-state index in [-0.39, 0.29) is 30.2 Å². The maximum atomic E-state index is 13.4. The molecule has 1 aromatic heterocycles. The van der Waals surface area contributed by atoms with Crippen molar-refractivity contribution in [3.63, 3.8) is 0 Å². The molecule has 1 atom stereocenters. The summed E-state index contributed by atoms with van der Waals surface area (Å²) in [5, 5.41) is 5.42. The number of fused-ring (bicyclic) bond motifs is 1. The van der Waals surface area contributed by atoms with E-state index in [1.807, 2.05) is 12.1 Å². The highest BCUT2D eigenvalue weighted by Crippen LogP contribution is 2.24. The van der Waals surface area contributed by atoms with Crippen molar-refractivity contribution >= 4 is 11.7 Å². The molecule has 1 amide bonds. The Morgan fingerprint density at radius 1 is 1.18 bits per heavy atom. The van der Waals surface area contributed by atoms with Crippen LogP contribution in [-0.4, -0.2) is 41.3 Å². The van der Waals surface area contributed by atoms with Crippen LogP contribution in [0.15, 0.2) is 59.5 Å². The fraction of sp³-hybridized carbons (Fsp3) is 0.320. The number of hydrogen-bond donors (Lipinski definition) is 2. The Morgan fingerprint density at radius 3 is 2.48 bits per heavy atom. The van der Waals surface area contributed by atoms with Crippen molar-refractivity contribution in [1.82, 2.24) is 14.9 Å². The molecule has 3 aromatic rings. The third-order valence-electron chi connectivity index (χ3n) is 5.94. The first-order valence-electron chi connectivity index (χ1n) is 11.0. The molecule has 1 heterocycles. The van der Waals surface area contributed by atoms with Crippen molar-refractivity contribution < 1.29 is 13.9 Å². The highest BCUT2D eigenvalue weighted by Gasteiger charge is 2.22. The van der Waals surface area contributed by atoms with Crippen LogP contribution >= 0.6 is 0 Å². The Balaban J connectivity index is 1.55. The zero-order valence-corrected chi connectivity index (χ0v) is 18.7. The van der Waals surface area contributed by atoms with Crippen LogP contribution in [-0.2, 0) is 28.9 Å². The van der Waals surface area contributed by atoms with Crippen LogP contribution in [0.3, 0.4) is 0 Å². The number of nitrogens with one attached hydrogen (secondary N) is 2. The molecule has 0 fully saturated rings. The molecule has 0 radical (unpaired) electrons. The highest BCUT2D eigenvalue weighted by atomic mass is 19.1. The van der Waals surface area contributed by atoms with Gasteiger partial charge in [0.15, 0.2) is 5.82 Å². The lowest BCUT2D eigenvalue weighted by Gasteiger charge is -2.17. The highest BCUT2D eigenvalue weighted by molar-refractivity contribution is 5.93. The summed E-state index contributed by atoms with van der Waals surface area (Å²) in [5.74, 6) is -0.779. The lowest BCUT2D eigenvalue weighted by Crippen LogP contribution is -2.38. The number of aromatic nitrogens is 2. The van der Waals surface area contributed by atoms with Gasteiger partial charge in [0.25, 0.3) is 5.56 Å². The van der Waals surface area contributed by atoms with Crippen molar-refractivity contribution in [1.29, 1.82) is 0 Å². The van der Waals surface area contributed by atoms with Crippen LogP contribution in [0.2, 0.25) is 0 Å². The molecule has 0 spiro atoms. The maximum absolute atomic E-state index is 13.4. The summed E-state index contributed by atoms with van der Waals surface area (Å²) in [5.41, 5.74) is 3.32. The van der Waals surface area contributed by atoms with Crippen LogP contribution < -0.4 is 16.2 Å². The van der Waals surface area contributed by atoms with Gasteiger partial charge < -0.3 is 19.9 Å². The number of amides is 1. The van der Waals surface area contributed by atoms with Crippen LogP contribution in [0, 0.1) is 5.82 Å². The summed E-state index contributed by atoms with van der Waals surface area (Å²) < 4.78 is 21.0. The van der Waals surface area contributed by atoms with Gasteiger partial charge in [0.05, 0.1) is 30.6 Å². The lowest BCUT2D eigenvalue weighted by molar-refractivity contribution is -0.117. The molecule has 8 heteroatoms. The Labute approximate surface area is 191 Å². The Hall–Kier alpha value is -3.36. The number of nitrogens with zero attached hydrogens (tertiary/aromatic N) is 2. The molecule has 0 bridgehead atoms. The van der Waals surface area contributed by atoms with E-state index in [4.69, 9.17) is 4.74 Å². The Bertz CT molecular complexity index is 1170. The third-order valence-corrected chi connectivity index (χ3v) is 5.94. The second kappa shape index (κ2) is 10.1. The van der Waals surface area contributed by atoms with Crippen LogP contribution in [0.5, 0.6) is 0 Å². The average Bonchev–Trinajstić information content (AvgIpc) is 3.24. The quantitative estimate of drug-likeness (QED) is 0.551. The zero-order valence-electron chi connectivity index (χ0n) is 18.7. The first kappa shape index (κ1) is 22.8. The minimum absolute atomic E-state index is 0.0544. The summed E-state index contributed by atoms with van der Waals surface area (Å²) in [4.78, 5) is 29.7. The largest absolute Gasteiger partial charge is 0.376 e. The topological polar surface area (TPSA) is 85.2 Å². The van der Waals surface area contributed by atoms with Gasteiger partial charge in [0.2, 0.25) is 5.91 Å². The molecule has 7 nitrogen and oxygen atoms in total. The van der Waals surface area contributed by atoms with Gasteiger partial charge in [0, 0.05) is 12.1 Å². The number of likely N-dealkylation sites (N-methyl/N-ethyl adjacent to an activating group) is 1. The second-order valence-corrected chi connectivity index (χ2v) is 8.13. The third kappa shape index (κ3) is 5.18. The fourth-order valence-electron chi connectivity index (χ4n) is 3.95. The van der Waals surface area contributed by atoms with Gasteiger partial charge in [-0.25, -0.2) is 9.37 Å². The van der Waals surface area contributed by atoms with Crippen molar-refractivity contribution in [2.75, 3.05) is 19.0 Å². The maximum Gasteiger partial charge on any atom is 0.294 e. The molecule has 0 saturated carbocycles. The lowest BCUT2D eigenvalue weighted by atomic mass is 10.1. The molecule has 2 N–H and O–H groups in total. The van der Waals surface area contributed by atoms with Gasteiger partial charge in [-0.3, -0.25) is 9.59 Å².